The van der Waals surface area contributed by atoms with Crippen LogP contribution in [0.1, 0.15) is 6.92 Å². The Labute approximate surface area is 147 Å². The number of carbonyl (C=O) groups excluding carboxylic acids is 1. The van der Waals surface area contributed by atoms with Gasteiger partial charge in [0.25, 0.3) is 0 Å². The molecule has 0 aliphatic carbocycles. The molecule has 144 valence electrons. The van der Waals surface area contributed by atoms with Gasteiger partial charge in [-0.25, -0.2) is 4.79 Å². The van der Waals surface area contributed by atoms with Crippen LogP contribution in [0.2, 0.25) is 0 Å². The first-order chi connectivity index (χ1) is 12.2. The largest absolute Gasteiger partial charge is 0.493 e. The molecule has 0 spiro atoms. The Morgan fingerprint density at radius 1 is 1.31 bits per heavy atom. The number of nitrogens with zero attached hydrogens (tertiary/aromatic N) is 1. The Morgan fingerprint density at radius 3 is 2.50 bits per heavy atom. The van der Waals surface area contributed by atoms with Gasteiger partial charge in [0, 0.05) is 24.8 Å². The highest BCUT2D eigenvalue weighted by molar-refractivity contribution is 5.90. The number of alkyl halides is 3. The maximum atomic E-state index is 13.0. The van der Waals surface area contributed by atoms with Crippen molar-refractivity contribution in [1.82, 2.24) is 4.90 Å². The van der Waals surface area contributed by atoms with Gasteiger partial charge in [0.1, 0.15) is 0 Å². The Hall–Kier alpha value is -2.65. The second-order valence-electron chi connectivity index (χ2n) is 5.73. The van der Waals surface area contributed by atoms with E-state index in [4.69, 9.17) is 14.6 Å². The predicted octanol–water partition coefficient (Wildman–Crippen LogP) is 2.82. The Kier molecular flexibility index (Phi) is 5.83. The highest BCUT2D eigenvalue weighted by Gasteiger charge is 2.53. The molecule has 1 fully saturated rings. The zero-order chi connectivity index (χ0) is 19.5. The topological polar surface area (TPSA) is 88.1 Å². The highest BCUT2D eigenvalue weighted by Crippen LogP contribution is 2.38. The van der Waals surface area contributed by atoms with Crippen molar-refractivity contribution in [3.63, 3.8) is 0 Å². The van der Waals surface area contributed by atoms with Crippen LogP contribution in [0.25, 0.3) is 0 Å². The van der Waals surface area contributed by atoms with E-state index in [2.05, 4.69) is 5.32 Å². The van der Waals surface area contributed by atoms with Gasteiger partial charge < -0.3 is 24.8 Å². The van der Waals surface area contributed by atoms with E-state index in [-0.39, 0.29) is 0 Å². The zero-order valence-corrected chi connectivity index (χ0v) is 14.2. The van der Waals surface area contributed by atoms with Crippen molar-refractivity contribution >= 4 is 17.7 Å². The van der Waals surface area contributed by atoms with Crippen LogP contribution in [0.15, 0.2) is 18.2 Å². The number of amides is 2. The molecule has 7 nitrogen and oxygen atoms in total. The summed E-state index contributed by atoms with van der Waals surface area (Å²) in [5.74, 6) is -4.55. The van der Waals surface area contributed by atoms with Crippen LogP contribution >= 0.6 is 0 Å². The summed E-state index contributed by atoms with van der Waals surface area (Å²) in [6.07, 6.45) is -4.69. The van der Waals surface area contributed by atoms with Crippen LogP contribution in [0.3, 0.4) is 0 Å². The normalized spacial score (nSPS) is 20.0. The summed E-state index contributed by atoms with van der Waals surface area (Å²) in [7, 11) is 1.45. The quantitative estimate of drug-likeness (QED) is 0.825. The maximum absolute atomic E-state index is 13.0. The van der Waals surface area contributed by atoms with E-state index in [1.54, 1.807) is 13.0 Å². The van der Waals surface area contributed by atoms with Crippen molar-refractivity contribution in [2.75, 3.05) is 32.1 Å². The SMILES string of the molecule is CCOc1cc(NC(=O)N2C[C@@H](C(F)(F)F)[C@H](C(=O)O)C2)ccc1OC. The van der Waals surface area contributed by atoms with Gasteiger partial charge in [0.2, 0.25) is 0 Å². The first-order valence-corrected chi connectivity index (χ1v) is 7.83. The van der Waals surface area contributed by atoms with Crippen LogP contribution in [0.5, 0.6) is 11.5 Å². The van der Waals surface area contributed by atoms with Crippen LogP contribution in [0, 0.1) is 11.8 Å². The van der Waals surface area contributed by atoms with Gasteiger partial charge in [0.15, 0.2) is 11.5 Å². The second kappa shape index (κ2) is 7.71. The third kappa shape index (κ3) is 4.30. The van der Waals surface area contributed by atoms with Gasteiger partial charge in [-0.2, -0.15) is 13.2 Å². The van der Waals surface area contributed by atoms with E-state index in [9.17, 15) is 22.8 Å². The number of hydrogen-bond donors (Lipinski definition) is 2. The van der Waals surface area contributed by atoms with E-state index in [0.717, 1.165) is 4.90 Å². The average Bonchev–Trinajstić information content (AvgIpc) is 3.01. The molecule has 26 heavy (non-hydrogen) atoms. The number of carbonyl (C=O) groups is 2. The Morgan fingerprint density at radius 2 is 2.00 bits per heavy atom. The summed E-state index contributed by atoms with van der Waals surface area (Å²) >= 11 is 0. The molecule has 0 bridgehead atoms. The molecule has 0 unspecified atom stereocenters. The van der Waals surface area contributed by atoms with E-state index < -0.39 is 43.1 Å². The number of rotatable bonds is 5. The van der Waals surface area contributed by atoms with Gasteiger partial charge in [-0.1, -0.05) is 0 Å². The van der Waals surface area contributed by atoms with Crippen molar-refractivity contribution in [3.05, 3.63) is 18.2 Å². The number of anilines is 1. The minimum Gasteiger partial charge on any atom is -0.493 e. The number of hydrogen-bond acceptors (Lipinski definition) is 4. The molecule has 1 aromatic rings. The summed E-state index contributed by atoms with van der Waals surface area (Å²) in [5, 5.41) is 11.5. The minimum absolute atomic E-state index is 0.293. The molecule has 2 rings (SSSR count). The number of methoxy groups -OCH3 is 1. The van der Waals surface area contributed by atoms with Crippen molar-refractivity contribution in [1.29, 1.82) is 0 Å². The van der Waals surface area contributed by atoms with Gasteiger partial charge in [-0.15, -0.1) is 0 Å². The molecular formula is C16H19F3N2O5. The average molecular weight is 376 g/mol. The first kappa shape index (κ1) is 19.7. The third-order valence-electron chi connectivity index (χ3n) is 4.06. The molecule has 0 radical (unpaired) electrons. The van der Waals surface area contributed by atoms with Crippen molar-refractivity contribution in [2.45, 2.75) is 13.1 Å². The molecule has 2 amide bonds. The molecule has 1 aliphatic rings. The molecule has 0 aromatic heterocycles. The number of nitrogens with one attached hydrogen (secondary N) is 1. The summed E-state index contributed by atoms with van der Waals surface area (Å²) in [5.41, 5.74) is 0.293. The number of carboxylic acid groups (broad SMARTS) is 1. The summed E-state index contributed by atoms with van der Waals surface area (Å²) in [4.78, 5) is 24.2. The monoisotopic (exact) mass is 376 g/mol. The molecular weight excluding hydrogens is 357 g/mol. The third-order valence-corrected chi connectivity index (χ3v) is 4.06. The fraction of sp³-hybridized carbons (Fsp3) is 0.500. The highest BCUT2D eigenvalue weighted by atomic mass is 19.4. The molecule has 2 atom stereocenters. The fourth-order valence-corrected chi connectivity index (χ4v) is 2.78. The lowest BCUT2D eigenvalue weighted by molar-refractivity contribution is -0.187. The van der Waals surface area contributed by atoms with Crippen LogP contribution in [-0.2, 0) is 4.79 Å². The Bertz CT molecular complexity index is 680. The fourth-order valence-electron chi connectivity index (χ4n) is 2.78. The lowest BCUT2D eigenvalue weighted by atomic mass is 9.96. The molecule has 1 aliphatic heterocycles. The van der Waals surface area contributed by atoms with Crippen molar-refractivity contribution < 1.29 is 37.3 Å². The van der Waals surface area contributed by atoms with E-state index >= 15 is 0 Å². The molecule has 10 heteroatoms. The summed E-state index contributed by atoms with van der Waals surface area (Å²) in [6, 6.07) is 3.72. The van der Waals surface area contributed by atoms with Crippen LogP contribution in [0.4, 0.5) is 23.7 Å². The first-order valence-electron chi connectivity index (χ1n) is 7.83. The standard InChI is InChI=1S/C16H19F3N2O5/c1-3-26-13-6-9(4-5-12(13)25-2)20-15(24)21-7-10(14(22)23)11(8-21)16(17,18)19/h4-6,10-11H,3,7-8H2,1-2H3,(H,20,24)(H,22,23)/t10-,11-/m1/s1. The lowest BCUT2D eigenvalue weighted by Gasteiger charge is -2.19. The van der Waals surface area contributed by atoms with E-state index in [0.29, 0.717) is 23.8 Å². The van der Waals surface area contributed by atoms with E-state index in [1.807, 2.05) is 0 Å². The maximum Gasteiger partial charge on any atom is 0.394 e. The molecule has 1 saturated heterocycles. The van der Waals surface area contributed by atoms with Gasteiger partial charge >= 0.3 is 18.2 Å². The van der Waals surface area contributed by atoms with Gasteiger partial charge in [-0.3, -0.25) is 4.79 Å². The van der Waals surface area contributed by atoms with Crippen molar-refractivity contribution in [2.24, 2.45) is 11.8 Å². The van der Waals surface area contributed by atoms with E-state index in [1.165, 1.54) is 19.2 Å². The molecule has 2 N–H and O–H groups in total. The lowest BCUT2D eigenvalue weighted by Crippen LogP contribution is -2.35. The minimum atomic E-state index is -4.69. The number of halogens is 3. The van der Waals surface area contributed by atoms with Crippen LogP contribution < -0.4 is 14.8 Å². The summed E-state index contributed by atoms with van der Waals surface area (Å²) < 4.78 is 49.5. The van der Waals surface area contributed by atoms with Crippen molar-refractivity contribution in [3.8, 4) is 11.5 Å². The van der Waals surface area contributed by atoms with Gasteiger partial charge in [0.05, 0.1) is 25.6 Å². The second-order valence-corrected chi connectivity index (χ2v) is 5.73. The smallest absolute Gasteiger partial charge is 0.394 e. The number of aliphatic carboxylic acids is 1. The summed E-state index contributed by atoms with van der Waals surface area (Å²) in [6.45, 7) is 0.895. The zero-order valence-electron chi connectivity index (χ0n) is 14.2. The number of benzene rings is 1. The Balaban J connectivity index is 2.13. The number of likely N-dealkylation sites (tertiary alicyclic amines) is 1. The van der Waals surface area contributed by atoms with Gasteiger partial charge in [-0.05, 0) is 19.1 Å². The molecule has 1 aromatic carbocycles. The molecule has 0 saturated carbocycles. The predicted molar refractivity (Wildman–Crippen MR) is 85.4 cm³/mol. The number of carboxylic acids is 1. The number of urea groups is 1. The number of ether oxygens (including phenoxy) is 2. The molecule has 1 heterocycles. The van der Waals surface area contributed by atoms with Crippen LogP contribution in [-0.4, -0.2) is 55.0 Å².